The molecule has 0 saturated heterocycles. The van der Waals surface area contributed by atoms with Crippen molar-refractivity contribution in [3.8, 4) is 0 Å². The van der Waals surface area contributed by atoms with Gasteiger partial charge in [-0.3, -0.25) is 4.90 Å². The fourth-order valence-electron chi connectivity index (χ4n) is 2.10. The van der Waals surface area contributed by atoms with Crippen LogP contribution in [0.25, 0.3) is 0 Å². The number of thiophene rings is 2. The van der Waals surface area contributed by atoms with Crippen molar-refractivity contribution >= 4 is 46.7 Å². The molecule has 5 heteroatoms. The summed E-state index contributed by atoms with van der Waals surface area (Å²) in [4.78, 5) is 5.43. The van der Waals surface area contributed by atoms with Crippen LogP contribution < -0.4 is 0 Å². The normalized spacial score (nSPS) is 15.4. The lowest BCUT2D eigenvalue weighted by Crippen LogP contribution is -2.28. The first-order valence-electron chi connectivity index (χ1n) is 5.33. The molecule has 0 aliphatic carbocycles. The zero-order chi connectivity index (χ0) is 11.0. The second-order valence-corrected chi connectivity index (χ2v) is 6.84. The molecule has 0 unspecified atom stereocenters. The molecule has 1 aliphatic heterocycles. The van der Waals surface area contributed by atoms with Crippen LogP contribution in [0, 0.1) is 0 Å². The molecule has 0 N–H and O–H groups in total. The Morgan fingerprint density at radius 1 is 1.29 bits per heavy atom. The molecule has 0 spiro atoms. The van der Waals surface area contributed by atoms with Crippen molar-refractivity contribution in [1.82, 2.24) is 4.90 Å². The van der Waals surface area contributed by atoms with Crippen molar-refractivity contribution < 1.29 is 0 Å². The number of rotatable bonds is 2. The zero-order valence-electron chi connectivity index (χ0n) is 9.19. The highest BCUT2D eigenvalue weighted by Crippen LogP contribution is 2.27. The van der Waals surface area contributed by atoms with Gasteiger partial charge in [0.05, 0.1) is 4.34 Å². The SMILES string of the molecule is Cl.Clc1ccc(CN2CCc3sccc3C2)s1. The van der Waals surface area contributed by atoms with Gasteiger partial charge in [-0.15, -0.1) is 35.1 Å². The second kappa shape index (κ2) is 5.72. The lowest BCUT2D eigenvalue weighted by Gasteiger charge is -2.26. The van der Waals surface area contributed by atoms with Crippen LogP contribution in [0.1, 0.15) is 15.3 Å². The van der Waals surface area contributed by atoms with Gasteiger partial charge in [-0.05, 0) is 35.6 Å². The van der Waals surface area contributed by atoms with Gasteiger partial charge < -0.3 is 0 Å². The van der Waals surface area contributed by atoms with Crippen LogP contribution in [-0.4, -0.2) is 11.4 Å². The van der Waals surface area contributed by atoms with Crippen molar-refractivity contribution in [2.45, 2.75) is 19.5 Å². The van der Waals surface area contributed by atoms with Crippen molar-refractivity contribution in [1.29, 1.82) is 0 Å². The highest BCUT2D eigenvalue weighted by Gasteiger charge is 2.17. The van der Waals surface area contributed by atoms with E-state index in [1.807, 2.05) is 17.4 Å². The molecule has 0 aromatic carbocycles. The van der Waals surface area contributed by atoms with E-state index in [1.165, 1.54) is 23.4 Å². The summed E-state index contributed by atoms with van der Waals surface area (Å²) < 4.78 is 0.892. The Hall–Kier alpha value is -0.0600. The summed E-state index contributed by atoms with van der Waals surface area (Å²) >= 11 is 9.53. The van der Waals surface area contributed by atoms with Gasteiger partial charge in [-0.2, -0.15) is 0 Å². The predicted molar refractivity (Wildman–Crippen MR) is 78.7 cm³/mol. The van der Waals surface area contributed by atoms with Gasteiger partial charge in [-0.1, -0.05) is 11.6 Å². The van der Waals surface area contributed by atoms with E-state index in [2.05, 4.69) is 22.4 Å². The van der Waals surface area contributed by atoms with Crippen LogP contribution in [-0.2, 0) is 19.5 Å². The maximum absolute atomic E-state index is 5.94. The summed E-state index contributed by atoms with van der Waals surface area (Å²) in [5, 5.41) is 2.20. The molecule has 2 aromatic heterocycles. The number of fused-ring (bicyclic) bond motifs is 1. The lowest BCUT2D eigenvalue weighted by molar-refractivity contribution is 0.249. The Balaban J connectivity index is 0.00000108. The molecule has 3 rings (SSSR count). The second-order valence-electron chi connectivity index (χ2n) is 4.04. The molecule has 1 nitrogen and oxygen atoms in total. The van der Waals surface area contributed by atoms with Crippen LogP contribution >= 0.6 is 46.7 Å². The third-order valence-electron chi connectivity index (χ3n) is 2.90. The van der Waals surface area contributed by atoms with Crippen molar-refractivity contribution in [2.24, 2.45) is 0 Å². The predicted octanol–water partition coefficient (Wildman–Crippen LogP) is 4.44. The molecule has 0 bridgehead atoms. The Morgan fingerprint density at radius 3 is 2.94 bits per heavy atom. The molecule has 17 heavy (non-hydrogen) atoms. The molecule has 0 radical (unpaired) electrons. The number of hydrogen-bond acceptors (Lipinski definition) is 3. The summed E-state index contributed by atoms with van der Waals surface area (Å²) in [7, 11) is 0. The molecule has 2 aromatic rings. The van der Waals surface area contributed by atoms with E-state index in [1.54, 1.807) is 16.2 Å². The third kappa shape index (κ3) is 3.04. The van der Waals surface area contributed by atoms with E-state index in [9.17, 15) is 0 Å². The Labute approximate surface area is 120 Å². The molecule has 0 atom stereocenters. The monoisotopic (exact) mass is 305 g/mol. The van der Waals surface area contributed by atoms with Crippen LogP contribution in [0.2, 0.25) is 4.34 Å². The Bertz CT molecular complexity index is 492. The van der Waals surface area contributed by atoms with Gasteiger partial charge in [0.1, 0.15) is 0 Å². The van der Waals surface area contributed by atoms with Crippen molar-refractivity contribution in [3.63, 3.8) is 0 Å². The van der Waals surface area contributed by atoms with Gasteiger partial charge in [0, 0.05) is 29.4 Å². The van der Waals surface area contributed by atoms with E-state index >= 15 is 0 Å². The van der Waals surface area contributed by atoms with E-state index in [4.69, 9.17) is 11.6 Å². The minimum absolute atomic E-state index is 0. The zero-order valence-corrected chi connectivity index (χ0v) is 12.4. The third-order valence-corrected chi connectivity index (χ3v) is 5.13. The Kier molecular flexibility index (Phi) is 4.50. The first-order valence-corrected chi connectivity index (χ1v) is 7.40. The first kappa shape index (κ1) is 13.4. The van der Waals surface area contributed by atoms with Gasteiger partial charge in [0.25, 0.3) is 0 Å². The molecule has 3 heterocycles. The van der Waals surface area contributed by atoms with Crippen LogP contribution in [0.5, 0.6) is 0 Å². The Morgan fingerprint density at radius 2 is 2.18 bits per heavy atom. The molecular weight excluding hydrogens is 293 g/mol. The molecular formula is C12H13Cl2NS2. The summed E-state index contributed by atoms with van der Waals surface area (Å²) in [5.41, 5.74) is 1.51. The van der Waals surface area contributed by atoms with Gasteiger partial charge in [0.2, 0.25) is 0 Å². The number of nitrogens with zero attached hydrogens (tertiary/aromatic N) is 1. The first-order chi connectivity index (χ1) is 7.81. The molecule has 0 saturated carbocycles. The van der Waals surface area contributed by atoms with E-state index in [0.717, 1.165) is 17.4 Å². The quantitative estimate of drug-likeness (QED) is 0.792. The van der Waals surface area contributed by atoms with E-state index in [0.29, 0.717) is 0 Å². The van der Waals surface area contributed by atoms with E-state index in [-0.39, 0.29) is 12.4 Å². The lowest BCUT2D eigenvalue weighted by atomic mass is 10.1. The van der Waals surface area contributed by atoms with Gasteiger partial charge in [0.15, 0.2) is 0 Å². The van der Waals surface area contributed by atoms with Crippen LogP contribution in [0.4, 0.5) is 0 Å². The minimum atomic E-state index is 0. The largest absolute Gasteiger partial charge is 0.294 e. The topological polar surface area (TPSA) is 3.24 Å². The van der Waals surface area contributed by atoms with Crippen molar-refractivity contribution in [2.75, 3.05) is 6.54 Å². The number of hydrogen-bond donors (Lipinski definition) is 0. The van der Waals surface area contributed by atoms with Crippen molar-refractivity contribution in [3.05, 3.63) is 43.2 Å². The highest BCUT2D eigenvalue weighted by molar-refractivity contribution is 7.16. The fourth-order valence-corrected chi connectivity index (χ4v) is 4.12. The van der Waals surface area contributed by atoms with E-state index < -0.39 is 0 Å². The number of halogens is 2. The maximum Gasteiger partial charge on any atom is 0.0931 e. The molecule has 0 amide bonds. The van der Waals surface area contributed by atoms with Crippen LogP contribution in [0.15, 0.2) is 23.6 Å². The van der Waals surface area contributed by atoms with Gasteiger partial charge >= 0.3 is 0 Å². The standard InChI is InChI=1S/C12H12ClNS2.ClH/c13-12-2-1-10(16-12)8-14-5-3-11-9(7-14)4-6-15-11;/h1-2,4,6H,3,5,7-8H2;1H. The summed E-state index contributed by atoms with van der Waals surface area (Å²) in [6, 6.07) is 6.38. The minimum Gasteiger partial charge on any atom is -0.294 e. The molecule has 92 valence electrons. The molecule has 1 aliphatic rings. The maximum atomic E-state index is 5.94. The van der Waals surface area contributed by atoms with Crippen LogP contribution in [0.3, 0.4) is 0 Å². The average molecular weight is 306 g/mol. The smallest absolute Gasteiger partial charge is 0.0931 e. The summed E-state index contributed by atoms with van der Waals surface area (Å²) in [5.74, 6) is 0. The van der Waals surface area contributed by atoms with Gasteiger partial charge in [-0.25, -0.2) is 0 Å². The molecule has 0 fully saturated rings. The summed E-state index contributed by atoms with van der Waals surface area (Å²) in [6.45, 7) is 3.30. The summed E-state index contributed by atoms with van der Waals surface area (Å²) in [6.07, 6.45) is 1.20. The average Bonchev–Trinajstić information content (AvgIpc) is 2.87. The highest BCUT2D eigenvalue weighted by atomic mass is 35.5. The fraction of sp³-hybridized carbons (Fsp3) is 0.333.